The molecule has 0 aromatic heterocycles. The smallest absolute Gasteiger partial charge is 0.322 e. The maximum atomic E-state index is 11.5. The van der Waals surface area contributed by atoms with Crippen molar-refractivity contribution in [3.63, 3.8) is 0 Å². The summed E-state index contributed by atoms with van der Waals surface area (Å²) in [7, 11) is 0. The predicted octanol–water partition coefficient (Wildman–Crippen LogP) is -0.312. The third-order valence-electron chi connectivity index (χ3n) is 2.73. The molecule has 98 valence electrons. The quantitative estimate of drug-likeness (QED) is 0.493. The zero-order valence-electron chi connectivity index (χ0n) is 10.1. The number of nitrogens with one attached hydrogen (secondary N) is 1. The van der Waals surface area contributed by atoms with Crippen molar-refractivity contribution in [1.82, 2.24) is 10.2 Å². The topological polar surface area (TPSA) is 78.9 Å². The highest BCUT2D eigenvalue weighted by molar-refractivity contribution is 5.76. The molecule has 0 saturated carbocycles. The first kappa shape index (κ1) is 13.9. The van der Waals surface area contributed by atoms with Gasteiger partial charge in [0.1, 0.15) is 6.04 Å². The first-order valence-electron chi connectivity index (χ1n) is 5.98. The van der Waals surface area contributed by atoms with Gasteiger partial charge in [-0.05, 0) is 6.42 Å². The van der Waals surface area contributed by atoms with E-state index in [-0.39, 0.29) is 12.5 Å². The molecule has 17 heavy (non-hydrogen) atoms. The molecule has 0 spiro atoms. The molecule has 0 radical (unpaired) electrons. The van der Waals surface area contributed by atoms with E-state index in [0.717, 1.165) is 12.8 Å². The summed E-state index contributed by atoms with van der Waals surface area (Å²) in [6, 6.07) is -0.637. The number of hydrogen-bond donors (Lipinski definition) is 2. The Labute approximate surface area is 101 Å². The van der Waals surface area contributed by atoms with Gasteiger partial charge in [-0.25, -0.2) is 0 Å². The molecule has 0 aromatic carbocycles. The number of carbonyl (C=O) groups excluding carboxylic acids is 1. The van der Waals surface area contributed by atoms with E-state index < -0.39 is 12.0 Å². The lowest BCUT2D eigenvalue weighted by atomic mass is 10.2. The van der Waals surface area contributed by atoms with Gasteiger partial charge in [0.05, 0.1) is 13.2 Å². The second kappa shape index (κ2) is 7.24. The van der Waals surface area contributed by atoms with Gasteiger partial charge in [0.25, 0.3) is 0 Å². The molecular formula is C11H20N2O4. The molecule has 1 unspecified atom stereocenters. The zero-order valence-corrected chi connectivity index (χ0v) is 10.1. The highest BCUT2D eigenvalue weighted by Crippen LogP contribution is 2.04. The first-order chi connectivity index (χ1) is 8.15. The lowest BCUT2D eigenvalue weighted by molar-refractivity contribution is -0.150. The lowest BCUT2D eigenvalue weighted by Crippen LogP contribution is -2.56. The van der Waals surface area contributed by atoms with Crippen molar-refractivity contribution in [2.24, 2.45) is 0 Å². The molecule has 1 atom stereocenters. The predicted molar refractivity (Wildman–Crippen MR) is 61.7 cm³/mol. The molecule has 1 fully saturated rings. The van der Waals surface area contributed by atoms with Gasteiger partial charge in [0.2, 0.25) is 0 Å². The van der Waals surface area contributed by atoms with Crippen LogP contribution in [0.3, 0.4) is 0 Å². The van der Waals surface area contributed by atoms with Gasteiger partial charge in [-0.2, -0.15) is 0 Å². The minimum atomic E-state index is -0.904. The normalized spacial score (nSPS) is 21.1. The van der Waals surface area contributed by atoms with Gasteiger partial charge in [-0.15, -0.1) is 0 Å². The fourth-order valence-corrected chi connectivity index (χ4v) is 1.72. The van der Waals surface area contributed by atoms with E-state index in [1.807, 2.05) is 6.92 Å². The molecule has 1 heterocycles. The molecule has 0 aliphatic carbocycles. The molecule has 6 heteroatoms. The van der Waals surface area contributed by atoms with E-state index in [1.54, 1.807) is 4.90 Å². The van der Waals surface area contributed by atoms with Crippen LogP contribution in [0.25, 0.3) is 0 Å². The maximum absolute atomic E-state index is 11.5. The van der Waals surface area contributed by atoms with Crippen LogP contribution in [-0.4, -0.2) is 60.8 Å². The highest BCUT2D eigenvalue weighted by atomic mass is 16.5. The van der Waals surface area contributed by atoms with Gasteiger partial charge >= 0.3 is 11.9 Å². The summed E-state index contributed by atoms with van der Waals surface area (Å²) in [6.45, 7) is 4.12. The molecule has 1 aliphatic heterocycles. The van der Waals surface area contributed by atoms with Crippen molar-refractivity contribution in [1.29, 1.82) is 0 Å². The molecular weight excluding hydrogens is 224 g/mol. The van der Waals surface area contributed by atoms with Crippen LogP contribution in [0.15, 0.2) is 0 Å². The number of nitrogens with zero attached hydrogens (tertiary/aromatic N) is 1. The number of unbranched alkanes of at least 4 members (excludes halogenated alkanes) is 1. The van der Waals surface area contributed by atoms with Crippen LogP contribution in [0, 0.1) is 0 Å². The van der Waals surface area contributed by atoms with Crippen molar-refractivity contribution < 1.29 is 19.4 Å². The highest BCUT2D eigenvalue weighted by Gasteiger charge is 2.29. The number of esters is 1. The number of carbonyl (C=O) groups is 2. The average Bonchev–Trinajstić information content (AvgIpc) is 2.29. The Hall–Kier alpha value is -1.14. The van der Waals surface area contributed by atoms with Crippen molar-refractivity contribution >= 4 is 11.9 Å². The Morgan fingerprint density at radius 1 is 1.53 bits per heavy atom. The minimum Gasteiger partial charge on any atom is -0.480 e. The van der Waals surface area contributed by atoms with Crippen LogP contribution in [0.1, 0.15) is 19.8 Å². The number of piperazine rings is 1. The average molecular weight is 244 g/mol. The molecule has 1 saturated heterocycles. The maximum Gasteiger partial charge on any atom is 0.322 e. The summed E-state index contributed by atoms with van der Waals surface area (Å²) in [4.78, 5) is 24.1. The molecule has 1 aliphatic rings. The molecule has 1 rings (SSSR count). The van der Waals surface area contributed by atoms with E-state index in [9.17, 15) is 9.59 Å². The van der Waals surface area contributed by atoms with Gasteiger partial charge in [-0.1, -0.05) is 13.3 Å². The summed E-state index contributed by atoms with van der Waals surface area (Å²) in [5, 5.41) is 12.0. The van der Waals surface area contributed by atoms with Crippen molar-refractivity contribution in [3.8, 4) is 0 Å². The van der Waals surface area contributed by atoms with Gasteiger partial charge in [0, 0.05) is 19.6 Å². The number of rotatable bonds is 6. The Kier molecular flexibility index (Phi) is 5.93. The van der Waals surface area contributed by atoms with E-state index in [4.69, 9.17) is 9.84 Å². The summed E-state index contributed by atoms with van der Waals surface area (Å²) in [6.07, 6.45) is 1.81. The second-order valence-corrected chi connectivity index (χ2v) is 4.10. The van der Waals surface area contributed by atoms with Crippen LogP contribution >= 0.6 is 0 Å². The molecule has 2 N–H and O–H groups in total. The minimum absolute atomic E-state index is 0.0579. The molecule has 0 bridgehead atoms. The Morgan fingerprint density at radius 3 is 2.94 bits per heavy atom. The number of ether oxygens (including phenoxy) is 1. The SMILES string of the molecule is CCCCOC(=O)CN1CCNCC1C(=O)O. The zero-order chi connectivity index (χ0) is 12.7. The van der Waals surface area contributed by atoms with Crippen molar-refractivity contribution in [3.05, 3.63) is 0 Å². The number of aliphatic carboxylic acids is 1. The Balaban J connectivity index is 2.36. The van der Waals surface area contributed by atoms with Gasteiger partial charge in [0.15, 0.2) is 0 Å². The van der Waals surface area contributed by atoms with Crippen LogP contribution in [-0.2, 0) is 14.3 Å². The van der Waals surface area contributed by atoms with E-state index in [0.29, 0.717) is 26.2 Å². The third kappa shape index (κ3) is 4.70. The fourth-order valence-electron chi connectivity index (χ4n) is 1.72. The number of carboxylic acid groups (broad SMARTS) is 1. The summed E-state index contributed by atoms with van der Waals surface area (Å²) < 4.78 is 5.02. The lowest BCUT2D eigenvalue weighted by Gasteiger charge is -2.32. The third-order valence-corrected chi connectivity index (χ3v) is 2.73. The van der Waals surface area contributed by atoms with E-state index in [2.05, 4.69) is 5.32 Å². The second-order valence-electron chi connectivity index (χ2n) is 4.10. The van der Waals surface area contributed by atoms with Crippen LogP contribution in [0.5, 0.6) is 0 Å². The van der Waals surface area contributed by atoms with E-state index in [1.165, 1.54) is 0 Å². The first-order valence-corrected chi connectivity index (χ1v) is 5.98. The molecule has 0 aromatic rings. The van der Waals surface area contributed by atoms with Crippen molar-refractivity contribution in [2.45, 2.75) is 25.8 Å². The van der Waals surface area contributed by atoms with Crippen LogP contribution in [0.4, 0.5) is 0 Å². The van der Waals surface area contributed by atoms with Crippen molar-refractivity contribution in [2.75, 3.05) is 32.8 Å². The Morgan fingerprint density at radius 2 is 2.29 bits per heavy atom. The molecule has 6 nitrogen and oxygen atoms in total. The number of hydrogen-bond acceptors (Lipinski definition) is 5. The molecule has 0 amide bonds. The van der Waals surface area contributed by atoms with E-state index >= 15 is 0 Å². The fraction of sp³-hybridized carbons (Fsp3) is 0.818. The summed E-state index contributed by atoms with van der Waals surface area (Å²) in [5.41, 5.74) is 0. The van der Waals surface area contributed by atoms with Crippen LogP contribution < -0.4 is 5.32 Å². The standard InChI is InChI=1S/C11H20N2O4/c1-2-3-6-17-10(14)8-13-5-4-12-7-9(13)11(15)16/h9,12H,2-8H2,1H3,(H,15,16). The summed E-state index contributed by atoms with van der Waals surface area (Å²) >= 11 is 0. The Bertz CT molecular complexity index is 270. The van der Waals surface area contributed by atoms with Gasteiger partial charge in [-0.3, -0.25) is 14.5 Å². The van der Waals surface area contributed by atoms with Gasteiger partial charge < -0.3 is 15.2 Å². The largest absolute Gasteiger partial charge is 0.480 e. The van der Waals surface area contributed by atoms with Crippen LogP contribution in [0.2, 0.25) is 0 Å². The monoisotopic (exact) mass is 244 g/mol. The number of carboxylic acids is 1. The summed E-state index contributed by atoms with van der Waals surface area (Å²) in [5.74, 6) is -1.25.